The lowest BCUT2D eigenvalue weighted by Gasteiger charge is -2.19. The molecule has 0 aliphatic heterocycles. The van der Waals surface area contributed by atoms with E-state index in [1.807, 2.05) is 12.1 Å². The van der Waals surface area contributed by atoms with E-state index in [1.54, 1.807) is 12.1 Å². The molecule has 1 rings (SSSR count). The van der Waals surface area contributed by atoms with Crippen molar-refractivity contribution in [2.45, 2.75) is 77.8 Å². The number of rotatable bonds is 11. The summed E-state index contributed by atoms with van der Waals surface area (Å²) in [5.74, 6) is -0.0964. The number of halogens is 1. The van der Waals surface area contributed by atoms with Crippen LogP contribution < -0.4 is 5.32 Å². The third-order valence-electron chi connectivity index (χ3n) is 3.85. The largest absolute Gasteiger partial charge is 0.310 e. The maximum Gasteiger partial charge on any atom is 0.127 e. The molecule has 0 aliphatic rings. The molecule has 0 heterocycles. The lowest BCUT2D eigenvalue weighted by atomic mass is 10.0. The second kappa shape index (κ2) is 10.8. The van der Waals surface area contributed by atoms with Crippen LogP contribution in [-0.4, -0.2) is 6.04 Å². The van der Waals surface area contributed by atoms with Crippen LogP contribution in [0.3, 0.4) is 0 Å². The molecule has 0 saturated heterocycles. The fourth-order valence-electron chi connectivity index (χ4n) is 2.53. The van der Waals surface area contributed by atoms with Crippen molar-refractivity contribution in [1.29, 1.82) is 0 Å². The molecule has 2 heteroatoms. The fraction of sp³-hybridized carbons (Fsp3) is 0.667. The normalized spacial score (nSPS) is 11.2. The first-order valence-corrected chi connectivity index (χ1v) is 8.24. The summed E-state index contributed by atoms with van der Waals surface area (Å²) in [6.07, 6.45) is 10.1. The van der Waals surface area contributed by atoms with Crippen LogP contribution in [0, 0.1) is 5.82 Å². The highest BCUT2D eigenvalue weighted by atomic mass is 19.1. The first-order chi connectivity index (χ1) is 9.77. The molecule has 0 radical (unpaired) electrons. The summed E-state index contributed by atoms with van der Waals surface area (Å²) in [6.45, 7) is 5.12. The van der Waals surface area contributed by atoms with Gasteiger partial charge >= 0.3 is 0 Å². The Morgan fingerprint density at radius 1 is 0.950 bits per heavy atom. The van der Waals surface area contributed by atoms with Gasteiger partial charge in [0, 0.05) is 18.2 Å². The monoisotopic (exact) mass is 279 g/mol. The van der Waals surface area contributed by atoms with Crippen molar-refractivity contribution in [1.82, 2.24) is 5.32 Å². The van der Waals surface area contributed by atoms with E-state index in [9.17, 15) is 4.39 Å². The first kappa shape index (κ1) is 17.2. The maximum atomic E-state index is 13.6. The Bertz CT molecular complexity index is 341. The molecule has 1 nitrogen and oxygen atoms in total. The van der Waals surface area contributed by atoms with Gasteiger partial charge in [0.05, 0.1) is 0 Å². The van der Waals surface area contributed by atoms with Gasteiger partial charge in [0.2, 0.25) is 0 Å². The first-order valence-electron chi connectivity index (χ1n) is 8.24. The minimum atomic E-state index is -0.0964. The highest BCUT2D eigenvalue weighted by molar-refractivity contribution is 5.16. The number of unbranched alkanes of at least 4 members (excludes halogenated alkanes) is 4. The van der Waals surface area contributed by atoms with Crippen LogP contribution in [0.1, 0.15) is 70.8 Å². The number of benzene rings is 1. The molecule has 1 N–H and O–H groups in total. The summed E-state index contributed by atoms with van der Waals surface area (Å²) in [5, 5.41) is 3.55. The SMILES string of the molecule is CCCCCC(CCCCC)NCc1ccccc1F. The van der Waals surface area contributed by atoms with Crippen LogP contribution in [0.25, 0.3) is 0 Å². The zero-order valence-electron chi connectivity index (χ0n) is 13.1. The van der Waals surface area contributed by atoms with E-state index in [0.29, 0.717) is 12.6 Å². The topological polar surface area (TPSA) is 12.0 Å². The fourth-order valence-corrected chi connectivity index (χ4v) is 2.53. The Morgan fingerprint density at radius 3 is 2.10 bits per heavy atom. The Hall–Kier alpha value is -0.890. The van der Waals surface area contributed by atoms with Crippen LogP contribution in [0.15, 0.2) is 24.3 Å². The Kier molecular flexibility index (Phi) is 9.31. The molecule has 0 atom stereocenters. The van der Waals surface area contributed by atoms with Gasteiger partial charge in [-0.25, -0.2) is 4.39 Å². The summed E-state index contributed by atoms with van der Waals surface area (Å²) < 4.78 is 13.6. The maximum absolute atomic E-state index is 13.6. The number of hydrogen-bond acceptors (Lipinski definition) is 1. The van der Waals surface area contributed by atoms with Gasteiger partial charge in [-0.15, -0.1) is 0 Å². The van der Waals surface area contributed by atoms with E-state index < -0.39 is 0 Å². The van der Waals surface area contributed by atoms with Gasteiger partial charge in [-0.3, -0.25) is 0 Å². The predicted octanol–water partition coefficient (Wildman–Crippen LogP) is 5.44. The van der Waals surface area contributed by atoms with E-state index in [4.69, 9.17) is 0 Å². The van der Waals surface area contributed by atoms with Gasteiger partial charge in [-0.05, 0) is 18.9 Å². The van der Waals surface area contributed by atoms with Gasteiger partial charge < -0.3 is 5.32 Å². The zero-order chi connectivity index (χ0) is 14.6. The molecular weight excluding hydrogens is 249 g/mol. The molecule has 0 aromatic heterocycles. The van der Waals surface area contributed by atoms with Gasteiger partial charge in [0.1, 0.15) is 5.82 Å². The Morgan fingerprint density at radius 2 is 1.55 bits per heavy atom. The van der Waals surface area contributed by atoms with E-state index >= 15 is 0 Å². The second-order valence-electron chi connectivity index (χ2n) is 5.66. The Labute approximate surface area is 124 Å². The molecule has 0 fully saturated rings. The molecule has 1 aromatic rings. The van der Waals surface area contributed by atoms with Crippen LogP contribution >= 0.6 is 0 Å². The van der Waals surface area contributed by atoms with Gasteiger partial charge in [-0.1, -0.05) is 70.6 Å². The van der Waals surface area contributed by atoms with E-state index in [2.05, 4.69) is 19.2 Å². The van der Waals surface area contributed by atoms with E-state index in [0.717, 1.165) is 5.56 Å². The summed E-state index contributed by atoms with van der Waals surface area (Å²) in [5.41, 5.74) is 0.781. The molecule has 0 saturated carbocycles. The van der Waals surface area contributed by atoms with Crippen molar-refractivity contribution >= 4 is 0 Å². The number of hydrogen-bond donors (Lipinski definition) is 1. The molecule has 114 valence electrons. The highest BCUT2D eigenvalue weighted by Gasteiger charge is 2.09. The lowest BCUT2D eigenvalue weighted by molar-refractivity contribution is 0.414. The summed E-state index contributed by atoms with van der Waals surface area (Å²) in [7, 11) is 0. The standard InChI is InChI=1S/C18H30FN/c1-3-5-7-12-17(13-8-6-4-2)20-15-16-11-9-10-14-18(16)19/h9-11,14,17,20H,3-8,12-13,15H2,1-2H3. The third-order valence-corrected chi connectivity index (χ3v) is 3.85. The molecule has 0 aliphatic carbocycles. The highest BCUT2D eigenvalue weighted by Crippen LogP contribution is 2.13. The summed E-state index contributed by atoms with van der Waals surface area (Å²) in [4.78, 5) is 0. The molecule has 20 heavy (non-hydrogen) atoms. The smallest absolute Gasteiger partial charge is 0.127 e. The van der Waals surface area contributed by atoms with Crippen molar-refractivity contribution in [3.05, 3.63) is 35.6 Å². The zero-order valence-corrected chi connectivity index (χ0v) is 13.1. The van der Waals surface area contributed by atoms with E-state index in [-0.39, 0.29) is 5.82 Å². The summed E-state index contributed by atoms with van der Waals surface area (Å²) >= 11 is 0. The Balaban J connectivity index is 2.39. The lowest BCUT2D eigenvalue weighted by Crippen LogP contribution is -2.29. The van der Waals surface area contributed by atoms with Crippen molar-refractivity contribution in [3.63, 3.8) is 0 Å². The van der Waals surface area contributed by atoms with Crippen LogP contribution in [0.4, 0.5) is 4.39 Å². The predicted molar refractivity (Wildman–Crippen MR) is 85.3 cm³/mol. The average Bonchev–Trinajstić information content (AvgIpc) is 2.46. The van der Waals surface area contributed by atoms with Crippen molar-refractivity contribution < 1.29 is 4.39 Å². The molecule has 0 amide bonds. The second-order valence-corrected chi connectivity index (χ2v) is 5.66. The molecule has 1 aromatic carbocycles. The minimum Gasteiger partial charge on any atom is -0.310 e. The van der Waals surface area contributed by atoms with Gasteiger partial charge in [0.25, 0.3) is 0 Å². The van der Waals surface area contributed by atoms with Crippen LogP contribution in [0.5, 0.6) is 0 Å². The van der Waals surface area contributed by atoms with Gasteiger partial charge in [0.15, 0.2) is 0 Å². The average molecular weight is 279 g/mol. The van der Waals surface area contributed by atoms with Crippen LogP contribution in [0.2, 0.25) is 0 Å². The summed E-state index contributed by atoms with van der Waals surface area (Å²) in [6, 6.07) is 7.60. The minimum absolute atomic E-state index is 0.0964. The van der Waals surface area contributed by atoms with Gasteiger partial charge in [-0.2, -0.15) is 0 Å². The third kappa shape index (κ3) is 7.04. The van der Waals surface area contributed by atoms with Crippen molar-refractivity contribution in [2.24, 2.45) is 0 Å². The molecular formula is C18H30FN. The van der Waals surface area contributed by atoms with E-state index in [1.165, 1.54) is 51.4 Å². The van der Waals surface area contributed by atoms with Crippen molar-refractivity contribution in [3.8, 4) is 0 Å². The molecule has 0 spiro atoms. The molecule has 0 bridgehead atoms. The van der Waals surface area contributed by atoms with Crippen LogP contribution in [-0.2, 0) is 6.54 Å². The van der Waals surface area contributed by atoms with Crippen molar-refractivity contribution in [2.75, 3.05) is 0 Å². The number of nitrogens with one attached hydrogen (secondary N) is 1. The molecule has 0 unspecified atom stereocenters. The quantitative estimate of drug-likeness (QED) is 0.531.